The van der Waals surface area contributed by atoms with E-state index in [1.165, 1.54) is 0 Å². The van der Waals surface area contributed by atoms with E-state index in [1.54, 1.807) is 0 Å². The quantitative estimate of drug-likeness (QED) is 0.770. The summed E-state index contributed by atoms with van der Waals surface area (Å²) in [6.07, 6.45) is 0. The lowest BCUT2D eigenvalue weighted by molar-refractivity contribution is 0.601. The Morgan fingerprint density at radius 3 is 2.60 bits per heavy atom. The Labute approximate surface area is 90.2 Å². The van der Waals surface area contributed by atoms with E-state index in [2.05, 4.69) is 0 Å². The normalized spacial score (nSPS) is 29.2. The van der Waals surface area contributed by atoms with Crippen LogP contribution in [-0.2, 0) is 9.84 Å². The Kier molecular flexibility index (Phi) is 2.56. The molecule has 2 rings (SSSR count). The Morgan fingerprint density at radius 1 is 1.33 bits per heavy atom. The maximum Gasteiger partial charge on any atom is 0.152 e. The van der Waals surface area contributed by atoms with Crippen molar-refractivity contribution in [1.29, 1.82) is 0 Å². The second-order valence-corrected chi connectivity index (χ2v) is 6.42. The van der Waals surface area contributed by atoms with E-state index < -0.39 is 9.84 Å². The van der Waals surface area contributed by atoms with Gasteiger partial charge in [0.25, 0.3) is 0 Å². The third-order valence-corrected chi connectivity index (χ3v) is 4.63. The molecule has 0 saturated carbocycles. The van der Waals surface area contributed by atoms with Gasteiger partial charge >= 0.3 is 0 Å². The topological polar surface area (TPSA) is 60.2 Å². The van der Waals surface area contributed by atoms with Crippen LogP contribution in [-0.4, -0.2) is 26.0 Å². The monoisotopic (exact) mass is 225 g/mol. The fraction of sp³-hybridized carbons (Fsp3) is 0.455. The average molecular weight is 225 g/mol. The highest BCUT2D eigenvalue weighted by atomic mass is 32.2. The third-order valence-electron chi connectivity index (χ3n) is 2.87. The van der Waals surface area contributed by atoms with Crippen molar-refractivity contribution < 1.29 is 8.42 Å². The molecular formula is C11H15NO2S. The molecule has 1 aromatic carbocycles. The lowest BCUT2D eigenvalue weighted by Gasteiger charge is -2.14. The van der Waals surface area contributed by atoms with Crippen molar-refractivity contribution in [2.24, 2.45) is 5.73 Å². The Hall–Kier alpha value is -0.870. The maximum absolute atomic E-state index is 11.4. The van der Waals surface area contributed by atoms with Gasteiger partial charge in [-0.05, 0) is 12.5 Å². The molecule has 0 radical (unpaired) electrons. The number of aryl methyl sites for hydroxylation is 1. The molecule has 0 aliphatic carbocycles. The van der Waals surface area contributed by atoms with Gasteiger partial charge in [0.1, 0.15) is 0 Å². The molecule has 4 heteroatoms. The first-order valence-electron chi connectivity index (χ1n) is 5.00. The minimum Gasteiger partial charge on any atom is -0.326 e. The largest absolute Gasteiger partial charge is 0.326 e. The van der Waals surface area contributed by atoms with Crippen LogP contribution in [0.4, 0.5) is 0 Å². The number of hydrogen-bond donors (Lipinski definition) is 1. The Balaban J connectivity index is 2.33. The number of rotatable bonds is 1. The molecule has 1 saturated heterocycles. The highest BCUT2D eigenvalue weighted by molar-refractivity contribution is 7.91. The van der Waals surface area contributed by atoms with Crippen molar-refractivity contribution in [1.82, 2.24) is 0 Å². The second-order valence-electron chi connectivity index (χ2n) is 4.26. The molecule has 0 amide bonds. The molecule has 3 nitrogen and oxygen atoms in total. The predicted octanol–water partition coefficient (Wildman–Crippen LogP) is 0.834. The van der Waals surface area contributed by atoms with E-state index in [4.69, 9.17) is 5.73 Å². The first-order chi connectivity index (χ1) is 6.98. The highest BCUT2D eigenvalue weighted by Gasteiger charge is 2.35. The lowest BCUT2D eigenvalue weighted by atomic mass is 9.94. The minimum absolute atomic E-state index is 0.0325. The van der Waals surface area contributed by atoms with Gasteiger partial charge in [0.05, 0.1) is 11.5 Å². The maximum atomic E-state index is 11.4. The number of benzene rings is 1. The number of hydrogen-bond acceptors (Lipinski definition) is 3. The van der Waals surface area contributed by atoms with Gasteiger partial charge in [-0.1, -0.05) is 29.8 Å². The van der Waals surface area contributed by atoms with E-state index in [-0.39, 0.29) is 23.5 Å². The summed E-state index contributed by atoms with van der Waals surface area (Å²) >= 11 is 0. The van der Waals surface area contributed by atoms with E-state index >= 15 is 0 Å². The van der Waals surface area contributed by atoms with Gasteiger partial charge in [-0.3, -0.25) is 0 Å². The van der Waals surface area contributed by atoms with E-state index in [0.717, 1.165) is 11.1 Å². The number of nitrogens with two attached hydrogens (primary N) is 1. The lowest BCUT2D eigenvalue weighted by Crippen LogP contribution is -2.27. The van der Waals surface area contributed by atoms with Crippen LogP contribution in [0.2, 0.25) is 0 Å². The van der Waals surface area contributed by atoms with E-state index in [9.17, 15) is 8.42 Å². The molecule has 0 aromatic heterocycles. The van der Waals surface area contributed by atoms with E-state index in [1.807, 2.05) is 31.2 Å². The molecule has 1 heterocycles. The van der Waals surface area contributed by atoms with Crippen molar-refractivity contribution in [2.75, 3.05) is 11.5 Å². The van der Waals surface area contributed by atoms with E-state index in [0.29, 0.717) is 0 Å². The Morgan fingerprint density at radius 2 is 2.07 bits per heavy atom. The zero-order valence-electron chi connectivity index (χ0n) is 8.68. The van der Waals surface area contributed by atoms with Crippen LogP contribution >= 0.6 is 0 Å². The van der Waals surface area contributed by atoms with Crippen molar-refractivity contribution >= 4 is 9.84 Å². The van der Waals surface area contributed by atoms with Crippen LogP contribution in [0.3, 0.4) is 0 Å². The van der Waals surface area contributed by atoms with Crippen LogP contribution in [0.5, 0.6) is 0 Å². The molecule has 0 bridgehead atoms. The van der Waals surface area contributed by atoms with Crippen molar-refractivity contribution in [3.05, 3.63) is 35.4 Å². The molecule has 2 atom stereocenters. The molecule has 1 aliphatic heterocycles. The summed E-state index contributed by atoms with van der Waals surface area (Å²) in [4.78, 5) is 0. The predicted molar refractivity (Wildman–Crippen MR) is 60.5 cm³/mol. The molecule has 15 heavy (non-hydrogen) atoms. The fourth-order valence-corrected chi connectivity index (χ4v) is 4.06. The fourth-order valence-electron chi connectivity index (χ4n) is 2.12. The first-order valence-corrected chi connectivity index (χ1v) is 6.83. The summed E-state index contributed by atoms with van der Waals surface area (Å²) in [6, 6.07) is 7.67. The molecule has 1 fully saturated rings. The molecule has 1 aromatic rings. The van der Waals surface area contributed by atoms with Crippen LogP contribution in [0, 0.1) is 6.92 Å². The molecule has 2 unspecified atom stereocenters. The van der Waals surface area contributed by atoms with Crippen LogP contribution in [0.25, 0.3) is 0 Å². The standard InChI is InChI=1S/C11H15NO2S/c1-8-3-2-4-9(5-8)10-6-15(13,14)7-11(10)12/h2-5,10-11H,6-7,12H2,1H3. The number of sulfone groups is 1. The SMILES string of the molecule is Cc1cccc(C2CS(=O)(=O)CC2N)c1. The summed E-state index contributed by atoms with van der Waals surface area (Å²) in [6.45, 7) is 2.00. The minimum atomic E-state index is -2.93. The van der Waals surface area contributed by atoms with Crippen LogP contribution in [0.15, 0.2) is 24.3 Å². The average Bonchev–Trinajstić information content (AvgIpc) is 2.40. The molecule has 1 aliphatic rings. The van der Waals surface area contributed by atoms with Gasteiger partial charge < -0.3 is 5.73 Å². The summed E-state index contributed by atoms with van der Waals surface area (Å²) < 4.78 is 22.9. The smallest absolute Gasteiger partial charge is 0.152 e. The molecule has 0 spiro atoms. The van der Waals surface area contributed by atoms with Gasteiger partial charge in [0, 0.05) is 12.0 Å². The van der Waals surface area contributed by atoms with Crippen molar-refractivity contribution in [3.63, 3.8) is 0 Å². The molecular weight excluding hydrogens is 210 g/mol. The Bertz CT molecular complexity index is 467. The van der Waals surface area contributed by atoms with Gasteiger partial charge in [-0.25, -0.2) is 8.42 Å². The molecule has 2 N–H and O–H groups in total. The summed E-state index contributed by atoms with van der Waals surface area (Å²) in [5.41, 5.74) is 8.05. The van der Waals surface area contributed by atoms with Crippen molar-refractivity contribution in [2.45, 2.75) is 18.9 Å². The van der Waals surface area contributed by atoms with Crippen molar-refractivity contribution in [3.8, 4) is 0 Å². The van der Waals surface area contributed by atoms with Gasteiger partial charge in [0.2, 0.25) is 0 Å². The summed E-state index contributed by atoms with van der Waals surface area (Å²) in [5.74, 6) is 0.276. The zero-order chi connectivity index (χ0) is 11.1. The van der Waals surface area contributed by atoms with Gasteiger partial charge in [-0.2, -0.15) is 0 Å². The van der Waals surface area contributed by atoms with Gasteiger partial charge in [0.15, 0.2) is 9.84 Å². The summed E-state index contributed by atoms with van der Waals surface area (Å²) in [5, 5.41) is 0. The summed E-state index contributed by atoms with van der Waals surface area (Å²) in [7, 11) is -2.93. The van der Waals surface area contributed by atoms with Crippen LogP contribution in [0.1, 0.15) is 17.0 Å². The van der Waals surface area contributed by atoms with Crippen LogP contribution < -0.4 is 5.73 Å². The second kappa shape index (κ2) is 3.61. The zero-order valence-corrected chi connectivity index (χ0v) is 9.50. The first kappa shape index (κ1) is 10.6. The third kappa shape index (κ3) is 2.21. The van der Waals surface area contributed by atoms with Gasteiger partial charge in [-0.15, -0.1) is 0 Å². The highest BCUT2D eigenvalue weighted by Crippen LogP contribution is 2.28. The molecule has 82 valence electrons.